The summed E-state index contributed by atoms with van der Waals surface area (Å²) in [5.74, 6) is 0. The summed E-state index contributed by atoms with van der Waals surface area (Å²) in [6, 6.07) is 10.8. The average Bonchev–Trinajstić information content (AvgIpc) is 2.37. The zero-order chi connectivity index (χ0) is 14.0. The molecular formula is C13H22ClCrNO3. The third-order valence-electron chi connectivity index (χ3n) is 3.37. The van der Waals surface area contributed by atoms with E-state index in [4.69, 9.17) is 11.4 Å². The number of nitrogens with zero attached hydrogens (tertiary/aromatic N) is 1. The van der Waals surface area contributed by atoms with Crippen LogP contribution in [0.5, 0.6) is 0 Å². The van der Waals surface area contributed by atoms with Gasteiger partial charge in [0.25, 0.3) is 0 Å². The Hall–Kier alpha value is -0.598. The van der Waals surface area contributed by atoms with Gasteiger partial charge in [-0.1, -0.05) is 30.3 Å². The molecule has 0 aliphatic carbocycles. The third-order valence-corrected chi connectivity index (χ3v) is 3.37. The van der Waals surface area contributed by atoms with Gasteiger partial charge in [-0.15, -0.1) is 0 Å². The van der Waals surface area contributed by atoms with Crippen molar-refractivity contribution in [3.63, 3.8) is 0 Å². The molecule has 0 aliphatic rings. The van der Waals surface area contributed by atoms with Gasteiger partial charge in [0.05, 0.1) is 19.6 Å². The van der Waals surface area contributed by atoms with Crippen LogP contribution >= 0.6 is 0 Å². The van der Waals surface area contributed by atoms with Gasteiger partial charge in [-0.05, 0) is 20.8 Å². The van der Waals surface area contributed by atoms with Crippen molar-refractivity contribution >= 4 is 0 Å². The van der Waals surface area contributed by atoms with Crippen LogP contribution in [0, 0.1) is 0 Å². The molecule has 19 heavy (non-hydrogen) atoms. The van der Waals surface area contributed by atoms with Crippen molar-refractivity contribution in [3.05, 3.63) is 35.9 Å². The van der Waals surface area contributed by atoms with E-state index in [2.05, 4.69) is 51.1 Å². The second kappa shape index (κ2) is 11.2. The molecule has 1 rings (SSSR count). The molecule has 0 spiro atoms. The first-order valence-electron chi connectivity index (χ1n) is 6.15. The van der Waals surface area contributed by atoms with Gasteiger partial charge >= 0.3 is 25.4 Å². The molecule has 1 aromatic rings. The zero-order valence-electron chi connectivity index (χ0n) is 11.7. The summed E-state index contributed by atoms with van der Waals surface area (Å²) in [6.07, 6.45) is 0. The number of quaternary nitrogens is 1. The van der Waals surface area contributed by atoms with Gasteiger partial charge in [-0.3, -0.25) is 0 Å². The fourth-order valence-corrected chi connectivity index (χ4v) is 1.98. The van der Waals surface area contributed by atoms with Gasteiger partial charge in [-0.25, -0.2) is 0 Å². The number of hydrogen-bond donors (Lipinski definition) is 0. The predicted octanol–water partition coefficient (Wildman–Crippen LogP) is -0.292. The molecule has 1 aromatic carbocycles. The van der Waals surface area contributed by atoms with Crippen LogP contribution in [0.15, 0.2) is 30.3 Å². The maximum absolute atomic E-state index is 8.54. The molecule has 0 amide bonds. The van der Waals surface area contributed by atoms with Gasteiger partial charge in [0.15, 0.2) is 0 Å². The normalized spacial score (nSPS) is 9.84. The van der Waals surface area contributed by atoms with E-state index in [0.29, 0.717) is 0 Å². The van der Waals surface area contributed by atoms with Gasteiger partial charge in [0.2, 0.25) is 0 Å². The van der Waals surface area contributed by atoms with Crippen LogP contribution in [0.3, 0.4) is 0 Å². The van der Waals surface area contributed by atoms with E-state index in [1.165, 1.54) is 36.2 Å². The van der Waals surface area contributed by atoms with E-state index in [1.807, 2.05) is 0 Å². The molecule has 6 heteroatoms. The number of rotatable bonds is 5. The number of hydrogen-bond acceptors (Lipinski definition) is 3. The SMILES string of the molecule is CC[N+](CC)(CC)Cc1ccccc1.[Cl-].[O]=[Cr](=[O])=[O]. The Kier molecular flexibility index (Phi) is 12.3. The summed E-state index contributed by atoms with van der Waals surface area (Å²) in [4.78, 5) is 0. The van der Waals surface area contributed by atoms with Crippen LogP contribution in [0.25, 0.3) is 0 Å². The molecule has 0 saturated carbocycles. The second-order valence-electron chi connectivity index (χ2n) is 4.14. The van der Waals surface area contributed by atoms with Crippen molar-refractivity contribution in [2.75, 3.05) is 19.6 Å². The maximum atomic E-state index is 8.54. The Balaban J connectivity index is 0. The van der Waals surface area contributed by atoms with Crippen LogP contribution in [0.1, 0.15) is 26.3 Å². The topological polar surface area (TPSA) is 51.2 Å². The standard InChI is InChI=1S/C13H22N.ClH.Cr.3O/c1-4-14(5-2,6-3)12-13-10-8-7-9-11-13;;;;;/h7-11H,4-6,12H2,1-3H3;1H;;;;/q+1;;;;;/p-1. The quantitative estimate of drug-likeness (QED) is 0.698. The van der Waals surface area contributed by atoms with E-state index >= 15 is 0 Å². The molecule has 0 atom stereocenters. The summed E-state index contributed by atoms with van der Waals surface area (Å²) in [5.41, 5.74) is 1.46. The molecule has 0 radical (unpaired) electrons. The van der Waals surface area contributed by atoms with Crippen molar-refractivity contribution in [1.82, 2.24) is 0 Å². The fourth-order valence-electron chi connectivity index (χ4n) is 1.98. The summed E-state index contributed by atoms with van der Waals surface area (Å²) in [7, 11) is 0. The molecule has 4 nitrogen and oxygen atoms in total. The van der Waals surface area contributed by atoms with Crippen LogP contribution < -0.4 is 12.4 Å². The summed E-state index contributed by atoms with van der Waals surface area (Å²) < 4.78 is 26.8. The van der Waals surface area contributed by atoms with Gasteiger partial charge in [-0.2, -0.15) is 0 Å². The molecular weight excluding hydrogens is 306 g/mol. The Labute approximate surface area is 125 Å². The molecule has 0 unspecified atom stereocenters. The van der Waals surface area contributed by atoms with E-state index in [1.54, 1.807) is 0 Å². The number of halogens is 1. The molecule has 110 valence electrons. The first kappa shape index (κ1) is 20.7. The minimum atomic E-state index is -3.79. The van der Waals surface area contributed by atoms with Crippen LogP contribution in [0.2, 0.25) is 0 Å². The van der Waals surface area contributed by atoms with Gasteiger partial charge in [0.1, 0.15) is 6.54 Å². The van der Waals surface area contributed by atoms with E-state index < -0.39 is 14.0 Å². The van der Waals surface area contributed by atoms with Gasteiger partial charge in [0, 0.05) is 5.56 Å². The van der Waals surface area contributed by atoms with Crippen molar-refractivity contribution in [1.29, 1.82) is 0 Å². The minimum absolute atomic E-state index is 0. The summed E-state index contributed by atoms with van der Waals surface area (Å²) in [6.45, 7) is 11.7. The van der Waals surface area contributed by atoms with E-state index in [9.17, 15) is 0 Å². The predicted molar refractivity (Wildman–Crippen MR) is 64.1 cm³/mol. The molecule has 0 heterocycles. The Morgan fingerprint density at radius 1 is 0.895 bits per heavy atom. The second-order valence-corrected chi connectivity index (χ2v) is 4.78. The van der Waals surface area contributed by atoms with Crippen molar-refractivity contribution < 1.29 is 42.3 Å². The fraction of sp³-hybridized carbons (Fsp3) is 0.538. The van der Waals surface area contributed by atoms with Crippen LogP contribution in [-0.4, -0.2) is 24.1 Å². The zero-order valence-corrected chi connectivity index (χ0v) is 13.7. The van der Waals surface area contributed by atoms with Crippen LogP contribution in [0.4, 0.5) is 0 Å². The molecule has 0 aromatic heterocycles. The third kappa shape index (κ3) is 9.01. The average molecular weight is 328 g/mol. The summed E-state index contributed by atoms with van der Waals surface area (Å²) >= 11 is -3.79. The first-order chi connectivity index (χ1) is 8.49. The molecule has 0 saturated heterocycles. The molecule has 0 bridgehead atoms. The molecule has 0 aliphatic heterocycles. The summed E-state index contributed by atoms with van der Waals surface area (Å²) in [5, 5.41) is 0. The Morgan fingerprint density at radius 3 is 1.58 bits per heavy atom. The first-order valence-corrected chi connectivity index (χ1v) is 7.71. The Bertz CT molecular complexity index is 414. The van der Waals surface area contributed by atoms with E-state index in [0.717, 1.165) is 0 Å². The molecule has 0 fully saturated rings. The van der Waals surface area contributed by atoms with Gasteiger partial charge < -0.3 is 16.9 Å². The Morgan fingerprint density at radius 2 is 1.26 bits per heavy atom. The number of benzene rings is 1. The van der Waals surface area contributed by atoms with E-state index in [-0.39, 0.29) is 12.4 Å². The van der Waals surface area contributed by atoms with Crippen molar-refractivity contribution in [3.8, 4) is 0 Å². The molecule has 0 N–H and O–H groups in total. The monoisotopic (exact) mass is 327 g/mol. The van der Waals surface area contributed by atoms with Crippen molar-refractivity contribution in [2.24, 2.45) is 0 Å². The van der Waals surface area contributed by atoms with Crippen molar-refractivity contribution in [2.45, 2.75) is 27.3 Å². The van der Waals surface area contributed by atoms with Crippen LogP contribution in [-0.2, 0) is 31.9 Å².